The zero-order valence-electron chi connectivity index (χ0n) is 12.6. The zero-order chi connectivity index (χ0) is 15.7. The molecule has 4 amide bonds. The van der Waals surface area contributed by atoms with Crippen molar-refractivity contribution in [3.63, 3.8) is 0 Å². The molecule has 0 saturated carbocycles. The van der Waals surface area contributed by atoms with E-state index in [0.717, 1.165) is 25.7 Å². The summed E-state index contributed by atoms with van der Waals surface area (Å²) >= 11 is 0. The van der Waals surface area contributed by atoms with Gasteiger partial charge in [0.15, 0.2) is 0 Å². The van der Waals surface area contributed by atoms with E-state index in [2.05, 4.69) is 5.32 Å². The van der Waals surface area contributed by atoms with Crippen LogP contribution in [0, 0.1) is 0 Å². The van der Waals surface area contributed by atoms with E-state index in [1.807, 2.05) is 0 Å². The average molecular weight is 299 g/mol. The molecule has 7 heteroatoms. The van der Waals surface area contributed by atoms with Gasteiger partial charge in [-0.3, -0.25) is 14.5 Å². The van der Waals surface area contributed by atoms with Crippen LogP contribution in [0.2, 0.25) is 0 Å². The molecule has 0 aromatic rings. The zero-order valence-corrected chi connectivity index (χ0v) is 12.6. The Bertz CT molecular complexity index is 373. The van der Waals surface area contributed by atoms with Crippen LogP contribution in [0.3, 0.4) is 0 Å². The lowest BCUT2D eigenvalue weighted by atomic mass is 10.2. The first-order valence-electron chi connectivity index (χ1n) is 7.49. The number of urea groups is 1. The van der Waals surface area contributed by atoms with Gasteiger partial charge < -0.3 is 15.3 Å². The Morgan fingerprint density at radius 1 is 1.19 bits per heavy atom. The van der Waals surface area contributed by atoms with E-state index in [4.69, 9.17) is 5.11 Å². The maximum absolute atomic E-state index is 11.6. The predicted octanol–water partition coefficient (Wildman–Crippen LogP) is 0.329. The van der Waals surface area contributed by atoms with E-state index in [9.17, 15) is 14.4 Å². The number of aliphatic hydroxyl groups excluding tert-OH is 1. The summed E-state index contributed by atoms with van der Waals surface area (Å²) in [5.74, 6) is -0.253. The van der Waals surface area contributed by atoms with Crippen molar-refractivity contribution in [1.82, 2.24) is 15.1 Å². The number of nitrogens with one attached hydrogen (secondary N) is 1. The molecule has 1 saturated heterocycles. The minimum Gasteiger partial charge on any atom is -0.396 e. The Labute approximate surface area is 125 Å². The number of unbranched alkanes of at least 4 members (excludes halogenated alkanes) is 3. The van der Waals surface area contributed by atoms with Gasteiger partial charge in [-0.2, -0.15) is 0 Å². The molecule has 1 aliphatic heterocycles. The molecule has 0 spiro atoms. The molecule has 0 radical (unpaired) electrons. The summed E-state index contributed by atoms with van der Waals surface area (Å²) in [7, 11) is 1.59. The molecular weight excluding hydrogens is 274 g/mol. The molecule has 0 unspecified atom stereocenters. The second-order valence-corrected chi connectivity index (χ2v) is 5.28. The van der Waals surface area contributed by atoms with Crippen molar-refractivity contribution in [3.8, 4) is 0 Å². The molecule has 0 bridgehead atoms. The topological polar surface area (TPSA) is 90.0 Å². The normalized spacial score (nSPS) is 15.0. The summed E-state index contributed by atoms with van der Waals surface area (Å²) in [6.45, 7) is 1.27. The first-order valence-corrected chi connectivity index (χ1v) is 7.49. The summed E-state index contributed by atoms with van der Waals surface area (Å²) in [5, 5.41) is 11.4. The van der Waals surface area contributed by atoms with E-state index in [1.165, 1.54) is 9.80 Å². The van der Waals surface area contributed by atoms with Gasteiger partial charge in [-0.05, 0) is 19.3 Å². The molecule has 0 atom stereocenters. The van der Waals surface area contributed by atoms with Crippen LogP contribution >= 0.6 is 0 Å². The minimum atomic E-state index is -0.288. The Hall–Kier alpha value is -1.63. The average Bonchev–Trinajstić information content (AvgIpc) is 2.69. The quantitative estimate of drug-likeness (QED) is 0.449. The molecule has 1 heterocycles. The smallest absolute Gasteiger partial charge is 0.326 e. The van der Waals surface area contributed by atoms with Crippen LogP contribution in [0.25, 0.3) is 0 Å². The first-order chi connectivity index (χ1) is 10.1. The number of carbonyl (C=O) groups is 3. The molecule has 0 aromatic heterocycles. The first kappa shape index (κ1) is 17.4. The lowest BCUT2D eigenvalue weighted by Crippen LogP contribution is -2.33. The van der Waals surface area contributed by atoms with Crippen LogP contribution in [-0.4, -0.2) is 66.0 Å². The van der Waals surface area contributed by atoms with Gasteiger partial charge in [0.2, 0.25) is 11.8 Å². The van der Waals surface area contributed by atoms with Gasteiger partial charge in [-0.25, -0.2) is 4.79 Å². The summed E-state index contributed by atoms with van der Waals surface area (Å²) in [4.78, 5) is 37.3. The SMILES string of the molecule is CN1CC(=O)N(CCCC(=O)NCCCCCCO)C1=O. The fourth-order valence-electron chi connectivity index (χ4n) is 2.19. The third-order valence-electron chi connectivity index (χ3n) is 3.42. The van der Waals surface area contributed by atoms with Gasteiger partial charge >= 0.3 is 6.03 Å². The van der Waals surface area contributed by atoms with E-state index in [-0.39, 0.29) is 31.0 Å². The Morgan fingerprint density at radius 3 is 2.52 bits per heavy atom. The third kappa shape index (κ3) is 6.12. The highest BCUT2D eigenvalue weighted by molar-refractivity contribution is 6.01. The second-order valence-electron chi connectivity index (χ2n) is 5.28. The number of imide groups is 1. The predicted molar refractivity (Wildman–Crippen MR) is 77.5 cm³/mol. The number of amides is 4. The monoisotopic (exact) mass is 299 g/mol. The Morgan fingerprint density at radius 2 is 1.90 bits per heavy atom. The molecule has 2 N–H and O–H groups in total. The largest absolute Gasteiger partial charge is 0.396 e. The third-order valence-corrected chi connectivity index (χ3v) is 3.42. The van der Waals surface area contributed by atoms with Crippen LogP contribution in [0.4, 0.5) is 4.79 Å². The molecule has 0 aliphatic carbocycles. The van der Waals surface area contributed by atoms with Crippen molar-refractivity contribution < 1.29 is 19.5 Å². The minimum absolute atomic E-state index is 0.0513. The summed E-state index contributed by atoms with van der Waals surface area (Å²) < 4.78 is 0. The highest BCUT2D eigenvalue weighted by Gasteiger charge is 2.32. The van der Waals surface area contributed by atoms with Gasteiger partial charge in [0.25, 0.3) is 0 Å². The van der Waals surface area contributed by atoms with Crippen molar-refractivity contribution in [3.05, 3.63) is 0 Å². The van der Waals surface area contributed by atoms with Gasteiger partial charge in [-0.15, -0.1) is 0 Å². The maximum atomic E-state index is 11.6. The highest BCUT2D eigenvalue weighted by Crippen LogP contribution is 2.09. The van der Waals surface area contributed by atoms with Crippen molar-refractivity contribution in [1.29, 1.82) is 0 Å². The summed E-state index contributed by atoms with van der Waals surface area (Å²) in [6.07, 6.45) is 4.47. The van der Waals surface area contributed by atoms with Crippen LogP contribution in [0.1, 0.15) is 38.5 Å². The van der Waals surface area contributed by atoms with E-state index in [0.29, 0.717) is 25.9 Å². The molecule has 0 aromatic carbocycles. The van der Waals surface area contributed by atoms with Crippen LogP contribution in [-0.2, 0) is 9.59 Å². The van der Waals surface area contributed by atoms with Gasteiger partial charge in [-0.1, -0.05) is 12.8 Å². The number of hydrogen-bond donors (Lipinski definition) is 2. The molecule has 1 rings (SSSR count). The highest BCUT2D eigenvalue weighted by atomic mass is 16.3. The van der Waals surface area contributed by atoms with Crippen molar-refractivity contribution in [2.24, 2.45) is 0 Å². The molecule has 120 valence electrons. The lowest BCUT2D eigenvalue weighted by Gasteiger charge is -2.13. The Balaban J connectivity index is 2.06. The van der Waals surface area contributed by atoms with Gasteiger partial charge in [0, 0.05) is 33.2 Å². The van der Waals surface area contributed by atoms with E-state index >= 15 is 0 Å². The number of carbonyl (C=O) groups excluding carboxylic acids is 3. The molecule has 7 nitrogen and oxygen atoms in total. The number of rotatable bonds is 10. The van der Waals surface area contributed by atoms with Crippen molar-refractivity contribution >= 4 is 17.8 Å². The van der Waals surface area contributed by atoms with E-state index < -0.39 is 0 Å². The maximum Gasteiger partial charge on any atom is 0.326 e. The second kappa shape index (κ2) is 9.33. The summed E-state index contributed by atoms with van der Waals surface area (Å²) in [5.41, 5.74) is 0. The van der Waals surface area contributed by atoms with Gasteiger partial charge in [0.1, 0.15) is 6.54 Å². The Kier molecular flexibility index (Phi) is 7.74. The fraction of sp³-hybridized carbons (Fsp3) is 0.786. The molecule has 21 heavy (non-hydrogen) atoms. The fourth-order valence-corrected chi connectivity index (χ4v) is 2.19. The van der Waals surface area contributed by atoms with Crippen LogP contribution < -0.4 is 5.32 Å². The molecule has 1 fully saturated rings. The number of likely N-dealkylation sites (N-methyl/N-ethyl adjacent to an activating group) is 1. The molecule has 1 aliphatic rings. The van der Waals surface area contributed by atoms with E-state index in [1.54, 1.807) is 7.05 Å². The van der Waals surface area contributed by atoms with Crippen LogP contribution in [0.15, 0.2) is 0 Å². The van der Waals surface area contributed by atoms with Crippen LogP contribution in [0.5, 0.6) is 0 Å². The number of nitrogens with zero attached hydrogens (tertiary/aromatic N) is 2. The lowest BCUT2D eigenvalue weighted by molar-refractivity contribution is -0.126. The number of aliphatic hydroxyl groups is 1. The summed E-state index contributed by atoms with van der Waals surface area (Å²) in [6, 6.07) is -0.288. The molecular formula is C14H25N3O4. The van der Waals surface area contributed by atoms with Crippen molar-refractivity contribution in [2.75, 3.05) is 33.3 Å². The van der Waals surface area contributed by atoms with Crippen molar-refractivity contribution in [2.45, 2.75) is 38.5 Å². The standard InChI is InChI=1S/C14H25N3O4/c1-16-11-13(20)17(14(16)21)9-6-7-12(19)15-8-4-2-3-5-10-18/h18H,2-11H2,1H3,(H,15,19). The van der Waals surface area contributed by atoms with Gasteiger partial charge in [0.05, 0.1) is 0 Å². The number of hydrogen-bond acceptors (Lipinski definition) is 4.